The fourth-order valence-corrected chi connectivity index (χ4v) is 2.32. The molecule has 0 radical (unpaired) electrons. The molecule has 0 fully saturated rings. The molecular formula is C18H27N3. The summed E-state index contributed by atoms with van der Waals surface area (Å²) in [5, 5.41) is 3.43. The molecule has 21 heavy (non-hydrogen) atoms. The first-order valence-electron chi connectivity index (χ1n) is 7.82. The van der Waals surface area contributed by atoms with Crippen LogP contribution in [0.15, 0.2) is 30.5 Å². The van der Waals surface area contributed by atoms with Gasteiger partial charge in [0, 0.05) is 18.4 Å². The highest BCUT2D eigenvalue weighted by Gasteiger charge is 2.14. The van der Waals surface area contributed by atoms with Crippen molar-refractivity contribution in [3.8, 4) is 5.69 Å². The van der Waals surface area contributed by atoms with E-state index in [1.54, 1.807) is 0 Å². The van der Waals surface area contributed by atoms with Crippen molar-refractivity contribution in [2.75, 3.05) is 11.9 Å². The summed E-state index contributed by atoms with van der Waals surface area (Å²) in [5.74, 6) is 0.935. The number of imidazole rings is 1. The van der Waals surface area contributed by atoms with Gasteiger partial charge in [-0.2, -0.15) is 0 Å². The number of hydrogen-bond donors (Lipinski definition) is 1. The second kappa shape index (κ2) is 6.33. The third-order valence-corrected chi connectivity index (χ3v) is 3.65. The number of rotatable bonds is 5. The van der Waals surface area contributed by atoms with E-state index in [2.05, 4.69) is 73.0 Å². The molecule has 0 atom stereocenters. The Morgan fingerprint density at radius 3 is 2.38 bits per heavy atom. The van der Waals surface area contributed by atoms with Gasteiger partial charge in [-0.05, 0) is 36.5 Å². The molecule has 1 heterocycles. The second-order valence-electron chi connectivity index (χ2n) is 6.65. The SMILES string of the molecule is CCCCNc1nc(C)cn1-c1ccc(C(C)(C)C)cc1. The lowest BCUT2D eigenvalue weighted by Gasteiger charge is -2.19. The Bertz CT molecular complexity index is 574. The van der Waals surface area contributed by atoms with Crippen LogP contribution in [0.1, 0.15) is 51.8 Å². The van der Waals surface area contributed by atoms with Gasteiger partial charge >= 0.3 is 0 Å². The minimum absolute atomic E-state index is 0.186. The normalized spacial score (nSPS) is 11.7. The van der Waals surface area contributed by atoms with Crippen LogP contribution in [-0.2, 0) is 5.41 Å². The quantitative estimate of drug-likeness (QED) is 0.808. The number of hydrogen-bond acceptors (Lipinski definition) is 2. The minimum Gasteiger partial charge on any atom is -0.355 e. The summed E-state index contributed by atoms with van der Waals surface area (Å²) in [6.07, 6.45) is 4.43. The molecule has 0 aliphatic carbocycles. The average Bonchev–Trinajstić information content (AvgIpc) is 2.79. The number of unbranched alkanes of at least 4 members (excludes halogenated alkanes) is 1. The van der Waals surface area contributed by atoms with Crippen LogP contribution in [0, 0.1) is 6.92 Å². The molecule has 1 aromatic heterocycles. The summed E-state index contributed by atoms with van der Waals surface area (Å²) in [4.78, 5) is 4.58. The molecule has 2 rings (SSSR count). The van der Waals surface area contributed by atoms with Crippen LogP contribution in [-0.4, -0.2) is 16.1 Å². The molecule has 1 N–H and O–H groups in total. The van der Waals surface area contributed by atoms with Crippen LogP contribution in [0.5, 0.6) is 0 Å². The molecule has 114 valence electrons. The van der Waals surface area contributed by atoms with Crippen molar-refractivity contribution in [2.24, 2.45) is 0 Å². The zero-order valence-corrected chi connectivity index (χ0v) is 13.9. The van der Waals surface area contributed by atoms with E-state index in [0.29, 0.717) is 0 Å². The third kappa shape index (κ3) is 3.87. The molecule has 0 spiro atoms. The van der Waals surface area contributed by atoms with Gasteiger partial charge in [0.25, 0.3) is 0 Å². The van der Waals surface area contributed by atoms with Crippen molar-refractivity contribution in [2.45, 2.75) is 52.9 Å². The summed E-state index contributed by atoms with van der Waals surface area (Å²) in [5.41, 5.74) is 3.73. The van der Waals surface area contributed by atoms with Gasteiger partial charge in [-0.1, -0.05) is 46.2 Å². The summed E-state index contributed by atoms with van der Waals surface area (Å²) < 4.78 is 2.14. The lowest BCUT2D eigenvalue weighted by Crippen LogP contribution is -2.11. The summed E-state index contributed by atoms with van der Waals surface area (Å²) in [6.45, 7) is 11.9. The van der Waals surface area contributed by atoms with Crippen molar-refractivity contribution in [1.29, 1.82) is 0 Å². The highest BCUT2D eigenvalue weighted by atomic mass is 15.2. The van der Waals surface area contributed by atoms with Gasteiger partial charge < -0.3 is 5.32 Å². The van der Waals surface area contributed by atoms with E-state index in [-0.39, 0.29) is 5.41 Å². The van der Waals surface area contributed by atoms with E-state index in [0.717, 1.165) is 30.3 Å². The number of aromatic nitrogens is 2. The van der Waals surface area contributed by atoms with Crippen molar-refractivity contribution < 1.29 is 0 Å². The van der Waals surface area contributed by atoms with E-state index in [1.165, 1.54) is 12.0 Å². The zero-order chi connectivity index (χ0) is 15.5. The van der Waals surface area contributed by atoms with E-state index < -0.39 is 0 Å². The van der Waals surface area contributed by atoms with Crippen molar-refractivity contribution >= 4 is 5.95 Å². The number of nitrogens with zero attached hydrogens (tertiary/aromatic N) is 2. The topological polar surface area (TPSA) is 29.9 Å². The first-order chi connectivity index (χ1) is 9.91. The fraction of sp³-hybridized carbons (Fsp3) is 0.500. The Morgan fingerprint density at radius 2 is 1.81 bits per heavy atom. The Hall–Kier alpha value is -1.77. The molecule has 0 aliphatic rings. The maximum absolute atomic E-state index is 4.58. The molecule has 3 heteroatoms. The lowest BCUT2D eigenvalue weighted by atomic mass is 9.87. The number of nitrogens with one attached hydrogen (secondary N) is 1. The van der Waals surface area contributed by atoms with E-state index >= 15 is 0 Å². The first-order valence-corrected chi connectivity index (χ1v) is 7.82. The molecule has 2 aromatic rings. The van der Waals surface area contributed by atoms with Crippen molar-refractivity contribution in [3.05, 3.63) is 41.7 Å². The summed E-state index contributed by atoms with van der Waals surface area (Å²) in [6, 6.07) is 8.76. The molecule has 0 aliphatic heterocycles. The molecule has 0 saturated carbocycles. The predicted molar refractivity (Wildman–Crippen MR) is 90.4 cm³/mol. The van der Waals surface area contributed by atoms with Crippen molar-refractivity contribution in [1.82, 2.24) is 9.55 Å². The van der Waals surface area contributed by atoms with Crippen LogP contribution in [0.4, 0.5) is 5.95 Å². The second-order valence-corrected chi connectivity index (χ2v) is 6.65. The Labute approximate surface area is 128 Å². The summed E-state index contributed by atoms with van der Waals surface area (Å²) in [7, 11) is 0. The van der Waals surface area contributed by atoms with Crippen LogP contribution in [0.3, 0.4) is 0 Å². The molecule has 3 nitrogen and oxygen atoms in total. The van der Waals surface area contributed by atoms with Gasteiger partial charge in [0.15, 0.2) is 0 Å². The highest BCUT2D eigenvalue weighted by molar-refractivity contribution is 5.44. The fourth-order valence-electron chi connectivity index (χ4n) is 2.32. The average molecular weight is 285 g/mol. The number of anilines is 1. The molecular weight excluding hydrogens is 258 g/mol. The maximum Gasteiger partial charge on any atom is 0.207 e. The Kier molecular flexibility index (Phi) is 4.71. The smallest absolute Gasteiger partial charge is 0.207 e. The maximum atomic E-state index is 4.58. The van der Waals surface area contributed by atoms with Crippen LogP contribution >= 0.6 is 0 Å². The largest absolute Gasteiger partial charge is 0.355 e. The van der Waals surface area contributed by atoms with Gasteiger partial charge in [-0.25, -0.2) is 4.98 Å². The van der Waals surface area contributed by atoms with Crippen LogP contribution in [0.25, 0.3) is 5.69 Å². The predicted octanol–water partition coefficient (Wildman–Crippen LogP) is 4.69. The first kappa shape index (κ1) is 15.6. The zero-order valence-electron chi connectivity index (χ0n) is 13.9. The lowest BCUT2D eigenvalue weighted by molar-refractivity contribution is 0.590. The van der Waals surface area contributed by atoms with Gasteiger partial charge in [0.1, 0.15) is 0 Å². The number of benzene rings is 1. The van der Waals surface area contributed by atoms with E-state index in [1.807, 2.05) is 6.92 Å². The van der Waals surface area contributed by atoms with Gasteiger partial charge in [0.05, 0.1) is 5.69 Å². The Morgan fingerprint density at radius 1 is 1.14 bits per heavy atom. The van der Waals surface area contributed by atoms with Crippen LogP contribution in [0.2, 0.25) is 0 Å². The van der Waals surface area contributed by atoms with Crippen LogP contribution < -0.4 is 5.32 Å². The number of aryl methyl sites for hydroxylation is 1. The molecule has 0 amide bonds. The molecule has 1 aromatic carbocycles. The van der Waals surface area contributed by atoms with Crippen molar-refractivity contribution in [3.63, 3.8) is 0 Å². The van der Waals surface area contributed by atoms with Gasteiger partial charge in [0.2, 0.25) is 5.95 Å². The van der Waals surface area contributed by atoms with E-state index in [9.17, 15) is 0 Å². The Balaban J connectivity index is 2.25. The molecule has 0 bridgehead atoms. The highest BCUT2D eigenvalue weighted by Crippen LogP contribution is 2.24. The monoisotopic (exact) mass is 285 g/mol. The molecule has 0 unspecified atom stereocenters. The minimum atomic E-state index is 0.186. The van der Waals surface area contributed by atoms with Gasteiger partial charge in [-0.15, -0.1) is 0 Å². The van der Waals surface area contributed by atoms with Gasteiger partial charge in [-0.3, -0.25) is 4.57 Å². The van der Waals surface area contributed by atoms with E-state index in [4.69, 9.17) is 0 Å². The molecule has 0 saturated heterocycles. The summed E-state index contributed by atoms with van der Waals surface area (Å²) >= 11 is 0. The third-order valence-electron chi connectivity index (χ3n) is 3.65. The standard InChI is InChI=1S/C18H27N3/c1-6-7-12-19-17-20-14(2)13-21(17)16-10-8-15(9-11-16)18(3,4)5/h8-11,13H,6-7,12H2,1-5H3,(H,19,20).